The van der Waals surface area contributed by atoms with Crippen molar-refractivity contribution >= 4 is 35.8 Å². The molecular formula is C10H8O12. The van der Waals surface area contributed by atoms with E-state index in [-0.39, 0.29) is 0 Å². The molecule has 1 rings (SSSR count). The van der Waals surface area contributed by atoms with Crippen molar-refractivity contribution in [2.45, 2.75) is 24.7 Å². The Hall–Kier alpha value is -2.86. The Morgan fingerprint density at radius 3 is 2.27 bits per heavy atom. The van der Waals surface area contributed by atoms with Gasteiger partial charge in [0.15, 0.2) is 5.60 Å². The molecule has 1 saturated heterocycles. The number of aliphatic carboxylic acids is 1. The highest BCUT2D eigenvalue weighted by Gasteiger charge is 2.46. The average Bonchev–Trinajstić information content (AvgIpc) is 2.36. The Balaban J connectivity index is 3.17. The number of carboxylic acids is 1. The van der Waals surface area contributed by atoms with Gasteiger partial charge in [-0.25, -0.2) is 19.2 Å². The summed E-state index contributed by atoms with van der Waals surface area (Å²) in [4.78, 5) is 66.8. The van der Waals surface area contributed by atoms with Crippen molar-refractivity contribution in [1.29, 1.82) is 0 Å². The Morgan fingerprint density at radius 1 is 1.14 bits per heavy atom. The van der Waals surface area contributed by atoms with E-state index in [9.17, 15) is 33.9 Å². The van der Waals surface area contributed by atoms with Crippen LogP contribution in [0.15, 0.2) is 0 Å². The zero-order valence-electron chi connectivity index (χ0n) is 10.5. The fraction of sp³-hybridized carbons (Fsp3) is 0.400. The molecule has 0 aliphatic carbocycles. The zero-order chi connectivity index (χ0) is 17.1. The molecule has 120 valence electrons. The Morgan fingerprint density at radius 2 is 1.73 bits per heavy atom. The van der Waals surface area contributed by atoms with Crippen LogP contribution in [0.3, 0.4) is 0 Å². The molecule has 1 heterocycles. The van der Waals surface area contributed by atoms with Gasteiger partial charge in [0.1, 0.15) is 0 Å². The molecule has 0 aromatic carbocycles. The number of aliphatic hydroxyl groups is 2. The molecule has 0 spiro atoms. The lowest BCUT2D eigenvalue weighted by atomic mass is 9.96. The third kappa shape index (κ3) is 4.07. The first kappa shape index (κ1) is 17.2. The van der Waals surface area contributed by atoms with Crippen LogP contribution in [0.2, 0.25) is 0 Å². The van der Waals surface area contributed by atoms with Crippen LogP contribution < -0.4 is 0 Å². The first-order valence-corrected chi connectivity index (χ1v) is 5.39. The number of cyclic esters (lactones) is 5. The summed E-state index contributed by atoms with van der Waals surface area (Å²) in [5, 5.41) is 27.4. The molecular weight excluding hydrogens is 312 g/mol. The van der Waals surface area contributed by atoms with Crippen LogP contribution in [0.5, 0.6) is 0 Å². The van der Waals surface area contributed by atoms with Crippen molar-refractivity contribution in [3.8, 4) is 0 Å². The molecule has 3 N–H and O–H groups in total. The summed E-state index contributed by atoms with van der Waals surface area (Å²) in [6, 6.07) is 0. The van der Waals surface area contributed by atoms with Gasteiger partial charge in [-0.2, -0.15) is 0 Å². The summed E-state index contributed by atoms with van der Waals surface area (Å²) in [6.07, 6.45) is -5.44. The summed E-state index contributed by atoms with van der Waals surface area (Å²) < 4.78 is 11.6. The van der Waals surface area contributed by atoms with Gasteiger partial charge in [0.2, 0.25) is 0 Å². The molecule has 2 unspecified atom stereocenters. The van der Waals surface area contributed by atoms with E-state index in [2.05, 4.69) is 14.2 Å². The van der Waals surface area contributed by atoms with Crippen LogP contribution in [-0.2, 0) is 43.0 Å². The molecule has 0 aromatic heterocycles. The van der Waals surface area contributed by atoms with Crippen molar-refractivity contribution in [2.75, 3.05) is 0 Å². The maximum Gasteiger partial charge on any atom is 0.425 e. The van der Waals surface area contributed by atoms with Gasteiger partial charge in [-0.05, 0) is 0 Å². The Kier molecular flexibility index (Phi) is 4.90. The highest BCUT2D eigenvalue weighted by atomic mass is 16.7. The molecule has 22 heavy (non-hydrogen) atoms. The van der Waals surface area contributed by atoms with E-state index in [1.807, 2.05) is 0 Å². The third-order valence-electron chi connectivity index (χ3n) is 2.25. The first-order valence-electron chi connectivity index (χ1n) is 5.39. The second-order valence-corrected chi connectivity index (χ2v) is 4.01. The van der Waals surface area contributed by atoms with Gasteiger partial charge < -0.3 is 29.5 Å². The van der Waals surface area contributed by atoms with Crippen LogP contribution in [0.4, 0.5) is 0 Å². The molecule has 1 aliphatic heterocycles. The van der Waals surface area contributed by atoms with E-state index in [0.29, 0.717) is 0 Å². The quantitative estimate of drug-likeness (QED) is 0.198. The van der Waals surface area contributed by atoms with Gasteiger partial charge in [0.05, 0.1) is 12.8 Å². The second kappa shape index (κ2) is 6.28. The molecule has 1 fully saturated rings. The Bertz CT molecular complexity index is 562. The van der Waals surface area contributed by atoms with Gasteiger partial charge >= 0.3 is 42.1 Å². The minimum atomic E-state index is -3.07. The van der Waals surface area contributed by atoms with Crippen molar-refractivity contribution in [3.05, 3.63) is 0 Å². The first-order chi connectivity index (χ1) is 10.0. The minimum absolute atomic E-state index is 1.39. The summed E-state index contributed by atoms with van der Waals surface area (Å²) in [6.45, 7) is 0. The lowest BCUT2D eigenvalue weighted by molar-refractivity contribution is -0.197. The van der Waals surface area contributed by atoms with E-state index in [4.69, 9.17) is 10.2 Å². The van der Waals surface area contributed by atoms with Gasteiger partial charge in [0.25, 0.3) is 0 Å². The lowest BCUT2D eigenvalue weighted by Gasteiger charge is -2.21. The standard InChI is InChI=1S/C10H8O12/c11-3(12)1-10(19)2-4(13)20-5(14)6(15)21-7(16)8(17)22-9(10)18/h6,15,19H,1-2H2,(H,11,12). The largest absolute Gasteiger partial charge is 0.481 e. The minimum Gasteiger partial charge on any atom is -0.481 e. The van der Waals surface area contributed by atoms with Crippen LogP contribution in [0.1, 0.15) is 12.8 Å². The van der Waals surface area contributed by atoms with Gasteiger partial charge in [-0.15, -0.1) is 0 Å². The highest BCUT2D eigenvalue weighted by molar-refractivity contribution is 6.32. The van der Waals surface area contributed by atoms with Gasteiger partial charge in [0, 0.05) is 0 Å². The number of aliphatic hydroxyl groups excluding tert-OH is 1. The SMILES string of the molecule is O=C(O)CC1(O)CC(=O)OC(=O)C(O)OC(=O)C(=O)OC1=O. The highest BCUT2D eigenvalue weighted by Crippen LogP contribution is 2.20. The van der Waals surface area contributed by atoms with Crippen molar-refractivity contribution < 1.29 is 58.3 Å². The number of carbonyl (C=O) groups is 6. The fourth-order valence-electron chi connectivity index (χ4n) is 1.31. The predicted molar refractivity (Wildman–Crippen MR) is 56.1 cm³/mol. The van der Waals surface area contributed by atoms with E-state index >= 15 is 0 Å². The van der Waals surface area contributed by atoms with Crippen LogP contribution in [0.25, 0.3) is 0 Å². The topological polar surface area (TPSA) is 191 Å². The molecule has 0 bridgehead atoms. The monoisotopic (exact) mass is 320 g/mol. The number of hydrogen-bond donors (Lipinski definition) is 3. The fourth-order valence-corrected chi connectivity index (χ4v) is 1.31. The van der Waals surface area contributed by atoms with Crippen LogP contribution >= 0.6 is 0 Å². The number of carboxylic acid groups (broad SMARTS) is 1. The molecule has 2 atom stereocenters. The summed E-state index contributed by atoms with van der Waals surface area (Å²) in [7, 11) is 0. The van der Waals surface area contributed by atoms with Crippen LogP contribution in [-0.4, -0.2) is 63.0 Å². The zero-order valence-corrected chi connectivity index (χ0v) is 10.5. The molecule has 0 radical (unpaired) electrons. The second-order valence-electron chi connectivity index (χ2n) is 4.01. The van der Waals surface area contributed by atoms with Gasteiger partial charge in [-0.3, -0.25) is 9.59 Å². The van der Waals surface area contributed by atoms with Crippen molar-refractivity contribution in [1.82, 2.24) is 0 Å². The molecule has 0 saturated carbocycles. The number of rotatable bonds is 2. The molecule has 12 heteroatoms. The number of hydrogen-bond acceptors (Lipinski definition) is 11. The third-order valence-corrected chi connectivity index (χ3v) is 2.25. The maximum absolute atomic E-state index is 11.5. The lowest BCUT2D eigenvalue weighted by Crippen LogP contribution is -2.45. The Labute approximate surface area is 120 Å². The number of carbonyl (C=O) groups excluding carboxylic acids is 5. The van der Waals surface area contributed by atoms with E-state index in [1.54, 1.807) is 0 Å². The van der Waals surface area contributed by atoms with Crippen LogP contribution in [0, 0.1) is 0 Å². The summed E-state index contributed by atoms with van der Waals surface area (Å²) in [5.41, 5.74) is -3.07. The molecule has 0 amide bonds. The number of esters is 5. The molecule has 12 nitrogen and oxygen atoms in total. The van der Waals surface area contributed by atoms with E-state index < -0.39 is 60.5 Å². The van der Waals surface area contributed by atoms with Crippen molar-refractivity contribution in [2.24, 2.45) is 0 Å². The normalized spacial score (nSPS) is 27.4. The molecule has 1 aliphatic rings. The smallest absolute Gasteiger partial charge is 0.425 e. The average molecular weight is 320 g/mol. The molecule has 0 aromatic rings. The van der Waals surface area contributed by atoms with Gasteiger partial charge in [-0.1, -0.05) is 0 Å². The number of ether oxygens (including phenoxy) is 3. The van der Waals surface area contributed by atoms with Crippen molar-refractivity contribution in [3.63, 3.8) is 0 Å². The maximum atomic E-state index is 11.5. The summed E-state index contributed by atoms with van der Waals surface area (Å²) in [5.74, 6) is -11.2. The summed E-state index contributed by atoms with van der Waals surface area (Å²) >= 11 is 0. The van der Waals surface area contributed by atoms with E-state index in [0.717, 1.165) is 0 Å². The predicted octanol–water partition coefficient (Wildman–Crippen LogP) is -3.40. The van der Waals surface area contributed by atoms with E-state index in [1.165, 1.54) is 0 Å².